The third-order valence-corrected chi connectivity index (χ3v) is 6.32. The molecule has 0 fully saturated rings. The molecule has 0 aliphatic carbocycles. The molecule has 5 nitrogen and oxygen atoms in total. The van der Waals surface area contributed by atoms with Gasteiger partial charge in [0.15, 0.2) is 0 Å². The lowest BCUT2D eigenvalue weighted by molar-refractivity contribution is 0.103. The first-order valence-electron chi connectivity index (χ1n) is 10.1. The van der Waals surface area contributed by atoms with Crippen LogP contribution in [0, 0.1) is 0 Å². The molecule has 4 aromatic rings. The number of methoxy groups -OCH3 is 1. The lowest BCUT2D eigenvalue weighted by Crippen LogP contribution is -2.17. The van der Waals surface area contributed by atoms with E-state index >= 15 is 0 Å². The second kappa shape index (κ2) is 9.20. The number of carbonyl (C=O) groups excluding carboxylic acids is 1. The molecule has 0 saturated heterocycles. The predicted molar refractivity (Wildman–Crippen MR) is 129 cm³/mol. The van der Waals surface area contributed by atoms with Crippen LogP contribution < -0.4 is 21.1 Å². The van der Waals surface area contributed by atoms with E-state index < -0.39 is 0 Å². The van der Waals surface area contributed by atoms with E-state index in [4.69, 9.17) is 10.5 Å². The third kappa shape index (κ3) is 4.87. The molecule has 4 rings (SSSR count). The molecule has 0 aliphatic rings. The van der Waals surface area contributed by atoms with Gasteiger partial charge in [-0.05, 0) is 59.8 Å². The van der Waals surface area contributed by atoms with E-state index in [1.54, 1.807) is 19.2 Å². The zero-order valence-corrected chi connectivity index (χ0v) is 18.3. The Hall–Kier alpha value is -3.35. The molecule has 1 atom stereocenters. The molecule has 1 unspecified atom stereocenters. The predicted octanol–water partition coefficient (Wildman–Crippen LogP) is 5.60. The van der Waals surface area contributed by atoms with Gasteiger partial charge >= 0.3 is 0 Å². The summed E-state index contributed by atoms with van der Waals surface area (Å²) in [6.07, 6.45) is 0. The van der Waals surface area contributed by atoms with E-state index in [0.717, 1.165) is 22.4 Å². The monoisotopic (exact) mass is 431 g/mol. The van der Waals surface area contributed by atoms with Crippen LogP contribution in [0.15, 0.2) is 72.8 Å². The van der Waals surface area contributed by atoms with Crippen molar-refractivity contribution >= 4 is 38.7 Å². The fourth-order valence-electron chi connectivity index (χ4n) is 3.39. The standard InChI is InChI=1S/C25H25N3O2S/c1-16(27-15-17-6-5-7-20(12-17)30-2)18-10-11-19-14-24(31-23(19)13-18)25(29)28-22-9-4-3-8-21(22)26/h3-14,16,27H,15,26H2,1-2H3,(H,28,29). The highest BCUT2D eigenvalue weighted by molar-refractivity contribution is 7.20. The van der Waals surface area contributed by atoms with Crippen LogP contribution in [0.25, 0.3) is 10.1 Å². The zero-order valence-electron chi connectivity index (χ0n) is 17.5. The quantitative estimate of drug-likeness (QED) is 0.333. The molecule has 3 aromatic carbocycles. The highest BCUT2D eigenvalue weighted by Crippen LogP contribution is 2.30. The number of thiophene rings is 1. The van der Waals surface area contributed by atoms with Gasteiger partial charge in [0.25, 0.3) is 5.91 Å². The first-order valence-corrected chi connectivity index (χ1v) is 10.9. The Morgan fingerprint density at radius 1 is 1.06 bits per heavy atom. The summed E-state index contributed by atoms with van der Waals surface area (Å²) in [4.78, 5) is 13.3. The Morgan fingerprint density at radius 3 is 2.71 bits per heavy atom. The summed E-state index contributed by atoms with van der Waals surface area (Å²) in [5, 5.41) is 7.51. The summed E-state index contributed by atoms with van der Waals surface area (Å²) >= 11 is 1.48. The van der Waals surface area contributed by atoms with Crippen LogP contribution >= 0.6 is 11.3 Å². The number of hydrogen-bond acceptors (Lipinski definition) is 5. The van der Waals surface area contributed by atoms with E-state index in [2.05, 4.69) is 41.8 Å². The van der Waals surface area contributed by atoms with Crippen LogP contribution in [-0.4, -0.2) is 13.0 Å². The lowest BCUT2D eigenvalue weighted by Gasteiger charge is -2.15. The maximum Gasteiger partial charge on any atom is 0.265 e. The van der Waals surface area contributed by atoms with Crippen molar-refractivity contribution in [1.29, 1.82) is 0 Å². The number of hydrogen-bond donors (Lipinski definition) is 3. The summed E-state index contributed by atoms with van der Waals surface area (Å²) in [5.41, 5.74) is 9.46. The van der Waals surface area contributed by atoms with Crippen molar-refractivity contribution in [2.24, 2.45) is 0 Å². The van der Waals surface area contributed by atoms with E-state index in [0.29, 0.717) is 16.3 Å². The van der Waals surface area contributed by atoms with Gasteiger partial charge in [0.05, 0.1) is 23.4 Å². The maximum atomic E-state index is 12.7. The van der Waals surface area contributed by atoms with Gasteiger partial charge in [-0.15, -0.1) is 11.3 Å². The topological polar surface area (TPSA) is 76.4 Å². The van der Waals surface area contributed by atoms with Gasteiger partial charge in [-0.3, -0.25) is 4.79 Å². The van der Waals surface area contributed by atoms with Crippen LogP contribution in [-0.2, 0) is 6.54 Å². The maximum absolute atomic E-state index is 12.7. The van der Waals surface area contributed by atoms with E-state index in [1.165, 1.54) is 22.5 Å². The number of nitrogen functional groups attached to an aromatic ring is 1. The lowest BCUT2D eigenvalue weighted by atomic mass is 10.1. The van der Waals surface area contributed by atoms with Gasteiger partial charge in [0.2, 0.25) is 0 Å². The number of carbonyl (C=O) groups is 1. The largest absolute Gasteiger partial charge is 0.497 e. The summed E-state index contributed by atoms with van der Waals surface area (Å²) in [5.74, 6) is 0.708. The van der Waals surface area contributed by atoms with Crippen LogP contribution in [0.3, 0.4) is 0 Å². The minimum Gasteiger partial charge on any atom is -0.497 e. The van der Waals surface area contributed by atoms with Crippen molar-refractivity contribution in [2.75, 3.05) is 18.2 Å². The molecule has 31 heavy (non-hydrogen) atoms. The Labute approximate surface area is 185 Å². The summed E-state index contributed by atoms with van der Waals surface area (Å²) in [6.45, 7) is 2.88. The van der Waals surface area contributed by atoms with Crippen molar-refractivity contribution < 1.29 is 9.53 Å². The summed E-state index contributed by atoms with van der Waals surface area (Å²) in [6, 6.07) is 23.7. The molecule has 1 aromatic heterocycles. The van der Waals surface area contributed by atoms with Crippen LogP contribution in [0.2, 0.25) is 0 Å². The van der Waals surface area contributed by atoms with Crippen molar-refractivity contribution in [2.45, 2.75) is 19.5 Å². The number of ether oxygens (including phenoxy) is 1. The van der Waals surface area contributed by atoms with Crippen molar-refractivity contribution in [1.82, 2.24) is 5.32 Å². The average molecular weight is 432 g/mol. The van der Waals surface area contributed by atoms with Crippen LogP contribution in [0.5, 0.6) is 5.75 Å². The second-order valence-corrected chi connectivity index (χ2v) is 8.49. The summed E-state index contributed by atoms with van der Waals surface area (Å²) < 4.78 is 6.38. The third-order valence-electron chi connectivity index (χ3n) is 5.22. The zero-order chi connectivity index (χ0) is 21.8. The molecule has 0 spiro atoms. The minimum absolute atomic E-state index is 0.148. The number of nitrogens with two attached hydrogens (primary N) is 1. The van der Waals surface area contributed by atoms with Gasteiger partial charge < -0.3 is 21.1 Å². The molecular formula is C25H25N3O2S. The SMILES string of the molecule is COc1cccc(CNC(C)c2ccc3cc(C(=O)Nc4ccccc4N)sc3c2)c1. The average Bonchev–Trinajstić information content (AvgIpc) is 3.23. The Bertz CT molecular complexity index is 1220. The van der Waals surface area contributed by atoms with E-state index in [-0.39, 0.29) is 11.9 Å². The van der Waals surface area contributed by atoms with E-state index in [1.807, 2.05) is 36.4 Å². The molecule has 4 N–H and O–H groups in total. The van der Waals surface area contributed by atoms with Crippen LogP contribution in [0.1, 0.15) is 33.8 Å². The molecule has 6 heteroatoms. The van der Waals surface area contributed by atoms with Gasteiger partial charge in [-0.1, -0.05) is 36.4 Å². The van der Waals surface area contributed by atoms with Crippen molar-refractivity contribution in [3.05, 3.63) is 88.8 Å². The minimum atomic E-state index is -0.148. The van der Waals surface area contributed by atoms with Gasteiger partial charge in [-0.2, -0.15) is 0 Å². The van der Waals surface area contributed by atoms with Gasteiger partial charge in [-0.25, -0.2) is 0 Å². The molecule has 0 saturated carbocycles. The van der Waals surface area contributed by atoms with Gasteiger partial charge in [0, 0.05) is 17.3 Å². The smallest absolute Gasteiger partial charge is 0.265 e. The Morgan fingerprint density at radius 2 is 1.90 bits per heavy atom. The molecule has 0 bridgehead atoms. The number of nitrogens with one attached hydrogen (secondary N) is 2. The number of benzene rings is 3. The highest BCUT2D eigenvalue weighted by atomic mass is 32.1. The molecule has 1 amide bonds. The van der Waals surface area contributed by atoms with Crippen molar-refractivity contribution in [3.63, 3.8) is 0 Å². The molecular weight excluding hydrogens is 406 g/mol. The summed E-state index contributed by atoms with van der Waals surface area (Å²) in [7, 11) is 1.68. The highest BCUT2D eigenvalue weighted by Gasteiger charge is 2.13. The van der Waals surface area contributed by atoms with E-state index in [9.17, 15) is 4.79 Å². The first kappa shape index (κ1) is 20.9. The molecule has 0 radical (unpaired) electrons. The molecule has 0 aliphatic heterocycles. The molecule has 158 valence electrons. The number of amides is 1. The fourth-order valence-corrected chi connectivity index (χ4v) is 4.40. The van der Waals surface area contributed by atoms with Crippen molar-refractivity contribution in [3.8, 4) is 5.75 Å². The second-order valence-electron chi connectivity index (χ2n) is 7.40. The van der Waals surface area contributed by atoms with Crippen LogP contribution in [0.4, 0.5) is 11.4 Å². The normalized spacial score (nSPS) is 11.9. The van der Waals surface area contributed by atoms with Gasteiger partial charge in [0.1, 0.15) is 5.75 Å². The number of fused-ring (bicyclic) bond motifs is 1. The fraction of sp³-hybridized carbons (Fsp3) is 0.160. The number of para-hydroxylation sites is 2. The Balaban J connectivity index is 1.46. The number of anilines is 2. The number of rotatable bonds is 7. The Kier molecular flexibility index (Phi) is 6.21. The molecule has 1 heterocycles. The first-order chi connectivity index (χ1) is 15.0.